The average Bonchev–Trinajstić information content (AvgIpc) is 2.82. The molecule has 1 aromatic carbocycles. The summed E-state index contributed by atoms with van der Waals surface area (Å²) in [5.41, 5.74) is 8.96. The molecule has 0 fully saturated rings. The van der Waals surface area contributed by atoms with Crippen molar-refractivity contribution in [3.63, 3.8) is 0 Å². The van der Waals surface area contributed by atoms with Gasteiger partial charge in [0.25, 0.3) is 5.95 Å². The van der Waals surface area contributed by atoms with Gasteiger partial charge in [-0.1, -0.05) is 54.1 Å². The average molecular weight is 270 g/mol. The molecule has 0 aliphatic rings. The van der Waals surface area contributed by atoms with Gasteiger partial charge in [-0.3, -0.25) is 0 Å². The molecule has 2 aromatic rings. The Labute approximate surface area is 118 Å². The standard InChI is InChI=1S/C14H18N6/c1-10(2)13-6-4-12(5-7-13)8-11(3)9-16-20-14(15)17-18-19-20/h4-10H,1-3H3,(H2,15,17,19). The molecule has 0 bridgehead atoms. The van der Waals surface area contributed by atoms with Crippen molar-refractivity contribution < 1.29 is 0 Å². The maximum Gasteiger partial charge on any atom is 0.263 e. The molecular weight excluding hydrogens is 252 g/mol. The van der Waals surface area contributed by atoms with Crippen molar-refractivity contribution in [2.75, 3.05) is 5.73 Å². The highest BCUT2D eigenvalue weighted by atomic mass is 15.7. The molecule has 0 saturated heterocycles. The fourth-order valence-corrected chi connectivity index (χ4v) is 1.69. The maximum atomic E-state index is 5.52. The van der Waals surface area contributed by atoms with E-state index in [4.69, 9.17) is 5.73 Å². The molecule has 2 rings (SSSR count). The van der Waals surface area contributed by atoms with Crippen molar-refractivity contribution in [1.82, 2.24) is 20.3 Å². The minimum atomic E-state index is 0.162. The van der Waals surface area contributed by atoms with Crippen molar-refractivity contribution in [3.05, 3.63) is 41.0 Å². The number of tetrazole rings is 1. The van der Waals surface area contributed by atoms with Crippen LogP contribution in [-0.4, -0.2) is 26.5 Å². The van der Waals surface area contributed by atoms with Crippen LogP contribution in [0, 0.1) is 0 Å². The van der Waals surface area contributed by atoms with Crippen LogP contribution < -0.4 is 5.73 Å². The summed E-state index contributed by atoms with van der Waals surface area (Å²) in [4.78, 5) is 1.18. The lowest BCUT2D eigenvalue weighted by Gasteiger charge is -2.04. The molecular formula is C14H18N6. The molecule has 6 nitrogen and oxygen atoms in total. The Morgan fingerprint density at radius 1 is 1.30 bits per heavy atom. The predicted molar refractivity (Wildman–Crippen MR) is 80.3 cm³/mol. The third-order valence-corrected chi connectivity index (χ3v) is 2.85. The van der Waals surface area contributed by atoms with Crippen molar-refractivity contribution in [2.24, 2.45) is 5.10 Å². The number of hydrogen-bond acceptors (Lipinski definition) is 5. The SMILES string of the molecule is CC(C=Nn1nnnc1N)=Cc1ccc(C(C)C)cc1. The Balaban J connectivity index is 2.10. The van der Waals surface area contributed by atoms with Gasteiger partial charge in [-0.25, -0.2) is 0 Å². The van der Waals surface area contributed by atoms with E-state index in [1.807, 2.05) is 13.0 Å². The van der Waals surface area contributed by atoms with Gasteiger partial charge in [-0.2, -0.15) is 5.10 Å². The first-order valence-corrected chi connectivity index (χ1v) is 6.42. The van der Waals surface area contributed by atoms with E-state index in [1.165, 1.54) is 10.4 Å². The zero-order valence-electron chi connectivity index (χ0n) is 11.9. The molecule has 1 heterocycles. The van der Waals surface area contributed by atoms with E-state index in [1.54, 1.807) is 6.21 Å². The molecule has 1 aromatic heterocycles. The molecule has 0 saturated carbocycles. The first kappa shape index (κ1) is 13.9. The van der Waals surface area contributed by atoms with Gasteiger partial charge in [0, 0.05) is 0 Å². The summed E-state index contributed by atoms with van der Waals surface area (Å²) in [6.45, 7) is 6.32. The predicted octanol–water partition coefficient (Wildman–Crippen LogP) is 2.32. The number of aromatic nitrogens is 4. The van der Waals surface area contributed by atoms with Gasteiger partial charge in [0.2, 0.25) is 0 Å². The fourth-order valence-electron chi connectivity index (χ4n) is 1.69. The fraction of sp³-hybridized carbons (Fsp3) is 0.286. The lowest BCUT2D eigenvalue weighted by Crippen LogP contribution is -1.99. The van der Waals surface area contributed by atoms with Gasteiger partial charge in [-0.05, 0) is 40.0 Å². The molecule has 0 spiro atoms. The second-order valence-electron chi connectivity index (χ2n) is 4.88. The van der Waals surface area contributed by atoms with Crippen molar-refractivity contribution in [3.8, 4) is 0 Å². The smallest absolute Gasteiger partial charge is 0.263 e. The van der Waals surface area contributed by atoms with E-state index in [0.29, 0.717) is 5.92 Å². The van der Waals surface area contributed by atoms with E-state index in [2.05, 4.69) is 58.7 Å². The van der Waals surface area contributed by atoms with E-state index < -0.39 is 0 Å². The summed E-state index contributed by atoms with van der Waals surface area (Å²) >= 11 is 0. The molecule has 20 heavy (non-hydrogen) atoms. The van der Waals surface area contributed by atoms with Crippen LogP contribution >= 0.6 is 0 Å². The second-order valence-corrected chi connectivity index (χ2v) is 4.88. The highest BCUT2D eigenvalue weighted by Gasteiger charge is 1.98. The van der Waals surface area contributed by atoms with Gasteiger partial charge < -0.3 is 5.73 Å². The highest BCUT2D eigenvalue weighted by Crippen LogP contribution is 2.15. The topological polar surface area (TPSA) is 82.0 Å². The minimum absolute atomic E-state index is 0.162. The maximum absolute atomic E-state index is 5.52. The number of benzene rings is 1. The molecule has 6 heteroatoms. The number of anilines is 1. The monoisotopic (exact) mass is 270 g/mol. The Hall–Kier alpha value is -2.50. The highest BCUT2D eigenvalue weighted by molar-refractivity contribution is 5.84. The molecule has 104 valence electrons. The summed E-state index contributed by atoms with van der Waals surface area (Å²) in [5, 5.41) is 14.7. The number of rotatable bonds is 4. The van der Waals surface area contributed by atoms with Crippen molar-refractivity contribution in [1.29, 1.82) is 0 Å². The van der Waals surface area contributed by atoms with Crippen LogP contribution in [0.3, 0.4) is 0 Å². The zero-order chi connectivity index (χ0) is 14.5. The molecule has 0 radical (unpaired) electrons. The minimum Gasteiger partial charge on any atom is -0.365 e. The quantitative estimate of drug-likeness (QED) is 0.864. The van der Waals surface area contributed by atoms with Crippen LogP contribution in [0.15, 0.2) is 34.9 Å². The van der Waals surface area contributed by atoms with E-state index in [-0.39, 0.29) is 5.95 Å². The largest absolute Gasteiger partial charge is 0.365 e. The van der Waals surface area contributed by atoms with Crippen LogP contribution in [0.25, 0.3) is 6.08 Å². The summed E-state index contributed by atoms with van der Waals surface area (Å²) in [6, 6.07) is 8.47. The van der Waals surface area contributed by atoms with Gasteiger partial charge in [0.15, 0.2) is 0 Å². The van der Waals surface area contributed by atoms with Crippen LogP contribution in [0.4, 0.5) is 5.95 Å². The van der Waals surface area contributed by atoms with Crippen LogP contribution in [0.1, 0.15) is 37.8 Å². The van der Waals surface area contributed by atoms with Gasteiger partial charge in [0.05, 0.1) is 6.21 Å². The summed E-state index contributed by atoms with van der Waals surface area (Å²) in [5.74, 6) is 0.703. The Morgan fingerprint density at radius 3 is 2.55 bits per heavy atom. The third-order valence-electron chi connectivity index (χ3n) is 2.85. The molecule has 0 atom stereocenters. The zero-order valence-corrected chi connectivity index (χ0v) is 11.9. The van der Waals surface area contributed by atoms with Gasteiger partial charge in [0.1, 0.15) is 0 Å². The first-order chi connectivity index (χ1) is 9.56. The normalized spacial score (nSPS) is 12.5. The molecule has 2 N–H and O–H groups in total. The second kappa shape index (κ2) is 6.10. The Morgan fingerprint density at radius 2 is 2.00 bits per heavy atom. The van der Waals surface area contributed by atoms with E-state index in [9.17, 15) is 0 Å². The van der Waals surface area contributed by atoms with E-state index >= 15 is 0 Å². The van der Waals surface area contributed by atoms with Crippen molar-refractivity contribution >= 4 is 18.2 Å². The van der Waals surface area contributed by atoms with Crippen LogP contribution in [0.5, 0.6) is 0 Å². The van der Waals surface area contributed by atoms with E-state index in [0.717, 1.165) is 11.1 Å². The number of nitrogen functional groups attached to an aromatic ring is 1. The number of hydrogen-bond donors (Lipinski definition) is 1. The summed E-state index contributed by atoms with van der Waals surface area (Å²) in [6.07, 6.45) is 3.71. The molecule has 0 amide bonds. The number of nitrogens with two attached hydrogens (primary N) is 1. The first-order valence-electron chi connectivity index (χ1n) is 6.42. The molecule has 0 unspecified atom stereocenters. The Kier molecular flexibility index (Phi) is 4.24. The molecule has 0 aliphatic heterocycles. The summed E-state index contributed by atoms with van der Waals surface area (Å²) < 4.78 is 0. The lowest BCUT2D eigenvalue weighted by molar-refractivity contribution is 0.699. The third kappa shape index (κ3) is 3.50. The molecule has 0 aliphatic carbocycles. The van der Waals surface area contributed by atoms with Crippen LogP contribution in [0.2, 0.25) is 0 Å². The lowest BCUT2D eigenvalue weighted by atomic mass is 10.0. The Bertz CT molecular complexity index is 621. The summed E-state index contributed by atoms with van der Waals surface area (Å²) in [7, 11) is 0. The number of allylic oxidation sites excluding steroid dienone is 1. The van der Waals surface area contributed by atoms with Crippen LogP contribution in [-0.2, 0) is 0 Å². The van der Waals surface area contributed by atoms with Gasteiger partial charge >= 0.3 is 0 Å². The number of nitrogens with zero attached hydrogens (tertiary/aromatic N) is 5. The van der Waals surface area contributed by atoms with Gasteiger partial charge in [-0.15, -0.1) is 0 Å². The van der Waals surface area contributed by atoms with Crippen molar-refractivity contribution in [2.45, 2.75) is 26.7 Å².